The monoisotopic (exact) mass is 792 g/mol. The summed E-state index contributed by atoms with van der Waals surface area (Å²) in [6.45, 7) is -0.617. The lowest BCUT2D eigenvalue weighted by Crippen LogP contribution is -2.64. The first kappa shape index (κ1) is 38.9. The summed E-state index contributed by atoms with van der Waals surface area (Å²) in [6.07, 6.45) is -0.666. The molecule has 2 atom stereocenters. The Kier molecular flexibility index (Phi) is 13.1. The molecule has 2 heterocycles. The van der Waals surface area contributed by atoms with Crippen molar-refractivity contribution in [2.24, 2.45) is 5.92 Å². The lowest BCUT2D eigenvalue weighted by Gasteiger charge is -2.48. The van der Waals surface area contributed by atoms with Crippen molar-refractivity contribution in [2.45, 2.75) is 28.9 Å². The number of esters is 2. The van der Waals surface area contributed by atoms with Crippen LogP contribution in [0, 0.1) is 5.92 Å². The van der Waals surface area contributed by atoms with Gasteiger partial charge in [0, 0.05) is 24.4 Å². The molecule has 2 amide bonds. The van der Waals surface area contributed by atoms with Crippen LogP contribution in [-0.2, 0) is 48.3 Å². The minimum atomic E-state index is -1.87. The molecular weight excluding hydrogens is 759 g/mol. The van der Waals surface area contributed by atoms with E-state index < -0.39 is 45.6 Å². The number of thioether (sulfide) groups is 1. The minimum Gasteiger partial charge on any atom is -0.497 e. The number of nitrogens with zero attached hydrogens (tertiary/aromatic N) is 2. The number of hydrogen-bond donors (Lipinski definition) is 0. The molecule has 12 nitrogen and oxygen atoms in total. The molecule has 1 saturated heterocycles. The first-order valence-corrected chi connectivity index (χ1v) is 18.0. The third-order valence-electron chi connectivity index (χ3n) is 8.09. The highest BCUT2D eigenvalue weighted by Gasteiger charge is 2.58. The summed E-state index contributed by atoms with van der Waals surface area (Å²) in [5.74, 6) is -1.56. The maximum absolute atomic E-state index is 13.7. The third kappa shape index (κ3) is 9.77. The number of hydrogen-bond acceptors (Lipinski definition) is 11. The SMILES string of the molecule is COc1ccc(COC(=O)C2=C(COC(=O)N(Cc3ccc(OC)cc3)Cc3ccc(OC)cc3)CS[C@H]3[C@@H](C(=O)OCC(Cl)(Cl)Cl)C(=O)N23)cc1. The third-order valence-corrected chi connectivity index (χ3v) is 9.76. The summed E-state index contributed by atoms with van der Waals surface area (Å²) in [7, 11) is 4.67. The number of alkyl halides is 3. The Morgan fingerprint density at radius 2 is 1.25 bits per heavy atom. The Labute approximate surface area is 319 Å². The molecule has 3 aromatic rings. The summed E-state index contributed by atoms with van der Waals surface area (Å²) >= 11 is 18.4. The molecule has 0 saturated carbocycles. The highest BCUT2D eigenvalue weighted by Crippen LogP contribution is 2.45. The van der Waals surface area contributed by atoms with E-state index >= 15 is 0 Å². The van der Waals surface area contributed by atoms with Crippen LogP contribution in [0.25, 0.3) is 0 Å². The smallest absolute Gasteiger partial charge is 0.410 e. The van der Waals surface area contributed by atoms with Crippen LogP contribution in [0.2, 0.25) is 0 Å². The lowest BCUT2D eigenvalue weighted by atomic mass is 9.95. The molecule has 0 N–H and O–H groups in total. The highest BCUT2D eigenvalue weighted by molar-refractivity contribution is 8.00. The first-order valence-electron chi connectivity index (χ1n) is 15.8. The van der Waals surface area contributed by atoms with Gasteiger partial charge in [0.2, 0.25) is 9.70 Å². The van der Waals surface area contributed by atoms with Gasteiger partial charge in [0.1, 0.15) is 48.1 Å². The maximum atomic E-state index is 13.7. The fourth-order valence-corrected chi connectivity index (χ4v) is 6.91. The first-order chi connectivity index (χ1) is 24.9. The Morgan fingerprint density at radius 3 is 1.73 bits per heavy atom. The van der Waals surface area contributed by atoms with E-state index in [0.29, 0.717) is 28.4 Å². The number of amides is 2. The number of halogens is 3. The summed E-state index contributed by atoms with van der Waals surface area (Å²) in [4.78, 5) is 56.4. The second kappa shape index (κ2) is 17.5. The van der Waals surface area contributed by atoms with Gasteiger partial charge in [-0.15, -0.1) is 11.8 Å². The number of rotatable bonds is 14. The Morgan fingerprint density at radius 1 is 0.750 bits per heavy atom. The molecule has 16 heteroatoms. The van der Waals surface area contributed by atoms with Crippen molar-refractivity contribution in [3.05, 3.63) is 101 Å². The van der Waals surface area contributed by atoms with E-state index in [2.05, 4.69) is 0 Å². The minimum absolute atomic E-state index is 0.114. The van der Waals surface area contributed by atoms with Crippen molar-refractivity contribution in [2.75, 3.05) is 40.3 Å². The van der Waals surface area contributed by atoms with E-state index in [9.17, 15) is 19.2 Å². The number of fused-ring (bicyclic) bond motifs is 1. The molecule has 52 heavy (non-hydrogen) atoms. The van der Waals surface area contributed by atoms with Crippen LogP contribution in [0.1, 0.15) is 16.7 Å². The topological polar surface area (TPSA) is 130 Å². The van der Waals surface area contributed by atoms with Gasteiger partial charge in [0.05, 0.1) is 21.3 Å². The molecule has 1 fully saturated rings. The quantitative estimate of drug-likeness (QED) is 0.0600. The normalized spacial score (nSPS) is 16.7. The van der Waals surface area contributed by atoms with Crippen molar-refractivity contribution >= 4 is 70.5 Å². The van der Waals surface area contributed by atoms with E-state index in [-0.39, 0.29) is 37.8 Å². The number of carbonyl (C=O) groups excluding carboxylic acids is 4. The van der Waals surface area contributed by atoms with Gasteiger partial charge in [-0.2, -0.15) is 0 Å². The molecule has 2 aliphatic heterocycles. The van der Waals surface area contributed by atoms with Gasteiger partial charge in [0.25, 0.3) is 0 Å². The second-order valence-electron chi connectivity index (χ2n) is 11.6. The van der Waals surface area contributed by atoms with Crippen LogP contribution in [0.5, 0.6) is 17.2 Å². The van der Waals surface area contributed by atoms with Gasteiger partial charge in [-0.05, 0) is 53.1 Å². The average molecular weight is 794 g/mol. The number of benzene rings is 3. The molecule has 0 unspecified atom stereocenters. The largest absolute Gasteiger partial charge is 0.497 e. The van der Waals surface area contributed by atoms with Crippen LogP contribution in [0.3, 0.4) is 0 Å². The van der Waals surface area contributed by atoms with Crippen LogP contribution < -0.4 is 14.2 Å². The molecule has 0 bridgehead atoms. The fourth-order valence-electron chi connectivity index (χ4n) is 5.38. The van der Waals surface area contributed by atoms with Crippen LogP contribution in [0.15, 0.2) is 84.1 Å². The van der Waals surface area contributed by atoms with Crippen LogP contribution in [0.4, 0.5) is 4.79 Å². The highest BCUT2D eigenvalue weighted by atomic mass is 35.6. The van der Waals surface area contributed by atoms with Crippen molar-refractivity contribution in [3.8, 4) is 17.2 Å². The van der Waals surface area contributed by atoms with Gasteiger partial charge in [0.15, 0.2) is 5.92 Å². The van der Waals surface area contributed by atoms with Crippen molar-refractivity contribution in [1.82, 2.24) is 9.80 Å². The Balaban J connectivity index is 1.36. The zero-order valence-corrected chi connectivity index (χ0v) is 31.4. The van der Waals surface area contributed by atoms with E-state index in [1.54, 1.807) is 62.8 Å². The fraction of sp³-hybridized carbons (Fsp3) is 0.333. The average Bonchev–Trinajstić information content (AvgIpc) is 3.15. The van der Waals surface area contributed by atoms with Gasteiger partial charge >= 0.3 is 18.0 Å². The van der Waals surface area contributed by atoms with Crippen molar-refractivity contribution < 1.29 is 47.6 Å². The van der Waals surface area contributed by atoms with E-state index in [1.807, 2.05) is 24.3 Å². The number of methoxy groups -OCH3 is 3. The summed E-state index contributed by atoms with van der Waals surface area (Å²) in [5.41, 5.74) is 2.52. The lowest BCUT2D eigenvalue weighted by molar-refractivity contribution is -0.168. The van der Waals surface area contributed by atoms with E-state index in [1.165, 1.54) is 28.7 Å². The molecule has 0 aliphatic carbocycles. The van der Waals surface area contributed by atoms with E-state index in [0.717, 1.165) is 11.1 Å². The zero-order chi connectivity index (χ0) is 37.4. The number of carbonyl (C=O) groups is 4. The number of ether oxygens (including phenoxy) is 6. The van der Waals surface area contributed by atoms with Gasteiger partial charge in [-0.1, -0.05) is 71.2 Å². The number of β-lactam (4-membered cyclic amide) rings is 1. The molecule has 3 aromatic carbocycles. The molecular formula is C36H35Cl3N2O10S. The zero-order valence-electron chi connectivity index (χ0n) is 28.3. The second-order valence-corrected chi connectivity index (χ2v) is 15.2. The Hall–Kier alpha value is -4.30. The molecule has 276 valence electrons. The molecule has 0 spiro atoms. The van der Waals surface area contributed by atoms with Crippen LogP contribution in [-0.4, -0.2) is 83.2 Å². The van der Waals surface area contributed by atoms with Gasteiger partial charge < -0.3 is 28.4 Å². The van der Waals surface area contributed by atoms with E-state index in [4.69, 9.17) is 63.2 Å². The summed E-state index contributed by atoms with van der Waals surface area (Å²) in [6, 6.07) is 21.4. The molecule has 0 aromatic heterocycles. The molecule has 2 aliphatic rings. The van der Waals surface area contributed by atoms with Crippen molar-refractivity contribution in [1.29, 1.82) is 0 Å². The standard InChI is InChI=1S/C36H35Cl3N2O10S/c1-46-26-10-4-22(5-11-26)16-40(17-23-6-12-27(47-2)13-7-23)35(45)50-19-25-20-52-32-29(33(43)51-21-36(37,38)39)31(42)41(32)30(25)34(44)49-18-24-8-14-28(48-3)15-9-24/h4-15,29,32H,16-21H2,1-3H3/t29-,32-/m0/s1. The molecule has 0 radical (unpaired) electrons. The van der Waals surface area contributed by atoms with Crippen molar-refractivity contribution in [3.63, 3.8) is 0 Å². The summed E-state index contributed by atoms with van der Waals surface area (Å²) < 4.78 is 30.4. The van der Waals surface area contributed by atoms with Crippen LogP contribution >= 0.6 is 46.6 Å². The summed E-state index contributed by atoms with van der Waals surface area (Å²) in [5, 5.41) is -0.792. The van der Waals surface area contributed by atoms with Gasteiger partial charge in [-0.25, -0.2) is 9.59 Å². The molecule has 5 rings (SSSR count). The predicted molar refractivity (Wildman–Crippen MR) is 194 cm³/mol. The maximum Gasteiger partial charge on any atom is 0.410 e. The predicted octanol–water partition coefficient (Wildman–Crippen LogP) is 6.29. The van der Waals surface area contributed by atoms with Gasteiger partial charge in [-0.3, -0.25) is 19.4 Å². The Bertz CT molecular complexity index is 1730.